The molecule has 2 rings (SSSR count). The molecule has 144 valence electrons. The monoisotopic (exact) mass is 391 g/mol. The molecular formula is C19H21NO6S. The number of esters is 2. The summed E-state index contributed by atoms with van der Waals surface area (Å²) in [5.74, 6) is -1.11. The Morgan fingerprint density at radius 1 is 1.11 bits per heavy atom. The van der Waals surface area contributed by atoms with Crippen molar-refractivity contribution in [1.29, 1.82) is 0 Å². The third-order valence-corrected chi connectivity index (χ3v) is 5.02. The Morgan fingerprint density at radius 3 is 2.44 bits per heavy atom. The first-order valence-electron chi connectivity index (χ1n) is 8.22. The fourth-order valence-corrected chi connectivity index (χ4v) is 3.53. The molecule has 1 N–H and O–H groups in total. The van der Waals surface area contributed by atoms with Crippen molar-refractivity contribution in [3.8, 4) is 5.75 Å². The van der Waals surface area contributed by atoms with E-state index in [1.165, 1.54) is 14.2 Å². The maximum Gasteiger partial charge on any atom is 0.348 e. The first kappa shape index (κ1) is 20.4. The molecule has 0 aliphatic heterocycles. The standard InChI is InChI=1S/C19H21NO6S/c1-5-12-7-6-8-13(9-12)26-10-14(21)20-17-15(18(22)24-3)11(2)16(27-17)19(23)25-4/h6-9H,5,10H2,1-4H3,(H,20,21). The minimum atomic E-state index is -0.647. The van der Waals surface area contributed by atoms with Crippen LogP contribution >= 0.6 is 11.3 Å². The average Bonchev–Trinajstić information content (AvgIpc) is 3.01. The summed E-state index contributed by atoms with van der Waals surface area (Å²) in [6.45, 7) is 3.38. The third-order valence-electron chi connectivity index (χ3n) is 3.84. The Kier molecular flexibility index (Phi) is 6.95. The van der Waals surface area contributed by atoms with Crippen LogP contribution in [0.1, 0.15) is 38.1 Å². The van der Waals surface area contributed by atoms with Crippen molar-refractivity contribution in [2.45, 2.75) is 20.3 Å². The first-order chi connectivity index (χ1) is 12.9. The Labute approximate surface area is 161 Å². The molecule has 1 aromatic carbocycles. The fourth-order valence-electron chi connectivity index (χ4n) is 2.40. The molecule has 27 heavy (non-hydrogen) atoms. The van der Waals surface area contributed by atoms with Crippen molar-refractivity contribution < 1.29 is 28.6 Å². The summed E-state index contributed by atoms with van der Waals surface area (Å²) in [6, 6.07) is 7.44. The van der Waals surface area contributed by atoms with Crippen LogP contribution in [0.25, 0.3) is 0 Å². The van der Waals surface area contributed by atoms with E-state index >= 15 is 0 Å². The van der Waals surface area contributed by atoms with Gasteiger partial charge in [0.1, 0.15) is 15.6 Å². The van der Waals surface area contributed by atoms with Crippen LogP contribution in [0.15, 0.2) is 24.3 Å². The van der Waals surface area contributed by atoms with E-state index in [9.17, 15) is 14.4 Å². The zero-order chi connectivity index (χ0) is 20.0. The Morgan fingerprint density at radius 2 is 1.81 bits per heavy atom. The smallest absolute Gasteiger partial charge is 0.348 e. The van der Waals surface area contributed by atoms with E-state index in [2.05, 4.69) is 5.32 Å². The third kappa shape index (κ3) is 4.85. The lowest BCUT2D eigenvalue weighted by Gasteiger charge is -2.08. The normalized spacial score (nSPS) is 10.2. The summed E-state index contributed by atoms with van der Waals surface area (Å²) in [5, 5.41) is 2.83. The predicted octanol–water partition coefficient (Wildman–Crippen LogP) is 3.21. The second-order valence-electron chi connectivity index (χ2n) is 5.58. The van der Waals surface area contributed by atoms with Crippen molar-refractivity contribution in [3.63, 3.8) is 0 Å². The van der Waals surface area contributed by atoms with Crippen LogP contribution in [0.3, 0.4) is 0 Å². The topological polar surface area (TPSA) is 90.9 Å². The summed E-state index contributed by atoms with van der Waals surface area (Å²) >= 11 is 0.956. The highest BCUT2D eigenvalue weighted by Gasteiger charge is 2.26. The molecule has 1 aromatic heterocycles. The molecule has 0 bridgehead atoms. The number of nitrogens with one attached hydrogen (secondary N) is 1. The average molecular weight is 391 g/mol. The molecule has 0 radical (unpaired) electrons. The quantitative estimate of drug-likeness (QED) is 0.729. The van der Waals surface area contributed by atoms with Crippen molar-refractivity contribution >= 4 is 34.2 Å². The molecule has 0 aliphatic rings. The number of benzene rings is 1. The Hall–Kier alpha value is -2.87. The predicted molar refractivity (Wildman–Crippen MR) is 102 cm³/mol. The van der Waals surface area contributed by atoms with Gasteiger partial charge in [-0.2, -0.15) is 0 Å². The van der Waals surface area contributed by atoms with E-state index in [-0.39, 0.29) is 22.0 Å². The molecule has 0 atom stereocenters. The molecule has 0 saturated heterocycles. The van der Waals surface area contributed by atoms with Gasteiger partial charge in [-0.3, -0.25) is 4.79 Å². The molecule has 0 saturated carbocycles. The molecule has 0 unspecified atom stereocenters. The van der Waals surface area contributed by atoms with Gasteiger partial charge < -0.3 is 19.5 Å². The Bertz CT molecular complexity index is 858. The second kappa shape index (κ2) is 9.18. The number of rotatable bonds is 7. The molecule has 0 spiro atoms. The van der Waals surface area contributed by atoms with Gasteiger partial charge in [0.05, 0.1) is 19.8 Å². The zero-order valence-electron chi connectivity index (χ0n) is 15.6. The van der Waals surface area contributed by atoms with Gasteiger partial charge >= 0.3 is 11.9 Å². The summed E-state index contributed by atoms with van der Waals surface area (Å²) in [7, 11) is 2.47. The van der Waals surface area contributed by atoms with E-state index in [1.807, 2.05) is 25.1 Å². The fraction of sp³-hybridized carbons (Fsp3) is 0.316. The van der Waals surface area contributed by atoms with Crippen molar-refractivity contribution in [1.82, 2.24) is 0 Å². The van der Waals surface area contributed by atoms with Gasteiger partial charge in [0, 0.05) is 0 Å². The van der Waals surface area contributed by atoms with Gasteiger partial charge in [-0.1, -0.05) is 19.1 Å². The maximum absolute atomic E-state index is 12.3. The molecule has 0 aliphatic carbocycles. The highest BCUT2D eigenvalue weighted by atomic mass is 32.1. The first-order valence-corrected chi connectivity index (χ1v) is 9.04. The van der Waals surface area contributed by atoms with Gasteiger partial charge in [-0.25, -0.2) is 9.59 Å². The van der Waals surface area contributed by atoms with Crippen LogP contribution in [0.5, 0.6) is 5.75 Å². The number of anilines is 1. The van der Waals surface area contributed by atoms with Crippen LogP contribution in [-0.4, -0.2) is 38.7 Å². The van der Waals surface area contributed by atoms with E-state index in [0.717, 1.165) is 23.3 Å². The molecule has 7 nitrogen and oxygen atoms in total. The largest absolute Gasteiger partial charge is 0.484 e. The lowest BCUT2D eigenvalue weighted by Crippen LogP contribution is -2.21. The van der Waals surface area contributed by atoms with Gasteiger partial charge in [0.15, 0.2) is 6.61 Å². The van der Waals surface area contributed by atoms with E-state index < -0.39 is 17.8 Å². The van der Waals surface area contributed by atoms with Crippen molar-refractivity contribution in [2.75, 3.05) is 26.1 Å². The van der Waals surface area contributed by atoms with E-state index in [1.54, 1.807) is 13.0 Å². The number of hydrogen-bond donors (Lipinski definition) is 1. The minimum absolute atomic E-state index is 0.129. The summed E-state index contributed by atoms with van der Waals surface area (Å²) < 4.78 is 15.0. The van der Waals surface area contributed by atoms with Crippen LogP contribution in [0.4, 0.5) is 5.00 Å². The highest BCUT2D eigenvalue weighted by molar-refractivity contribution is 7.18. The summed E-state index contributed by atoms with van der Waals surface area (Å²) in [5.41, 5.74) is 1.62. The van der Waals surface area contributed by atoms with E-state index in [4.69, 9.17) is 14.2 Å². The van der Waals surface area contributed by atoms with Gasteiger partial charge in [-0.05, 0) is 36.6 Å². The summed E-state index contributed by atoms with van der Waals surface area (Å²) in [4.78, 5) is 36.4. The van der Waals surface area contributed by atoms with Crippen molar-refractivity contribution in [3.05, 3.63) is 45.8 Å². The minimum Gasteiger partial charge on any atom is -0.484 e. The summed E-state index contributed by atoms with van der Waals surface area (Å²) in [6.07, 6.45) is 0.858. The lowest BCUT2D eigenvalue weighted by molar-refractivity contribution is -0.118. The number of carbonyl (C=O) groups is 3. The molecule has 2 aromatic rings. The number of methoxy groups -OCH3 is 2. The number of ether oxygens (including phenoxy) is 3. The molecule has 1 amide bonds. The molecule has 8 heteroatoms. The van der Waals surface area contributed by atoms with Gasteiger partial charge in [0.2, 0.25) is 0 Å². The van der Waals surface area contributed by atoms with Gasteiger partial charge in [0.25, 0.3) is 5.91 Å². The SMILES string of the molecule is CCc1cccc(OCC(=O)Nc2sc(C(=O)OC)c(C)c2C(=O)OC)c1. The number of aryl methyl sites for hydroxylation is 1. The molecule has 0 fully saturated rings. The molecular weight excluding hydrogens is 370 g/mol. The van der Waals surface area contributed by atoms with Gasteiger partial charge in [-0.15, -0.1) is 11.3 Å². The van der Waals surface area contributed by atoms with Crippen LogP contribution in [-0.2, 0) is 20.7 Å². The van der Waals surface area contributed by atoms with Crippen LogP contribution in [0, 0.1) is 6.92 Å². The Balaban J connectivity index is 2.16. The molecule has 1 heterocycles. The second-order valence-corrected chi connectivity index (χ2v) is 6.60. The lowest BCUT2D eigenvalue weighted by atomic mass is 10.1. The van der Waals surface area contributed by atoms with Crippen LogP contribution in [0.2, 0.25) is 0 Å². The number of hydrogen-bond acceptors (Lipinski definition) is 7. The zero-order valence-corrected chi connectivity index (χ0v) is 16.4. The number of carbonyl (C=O) groups excluding carboxylic acids is 3. The highest BCUT2D eigenvalue weighted by Crippen LogP contribution is 2.34. The van der Waals surface area contributed by atoms with E-state index in [0.29, 0.717) is 11.3 Å². The van der Waals surface area contributed by atoms with Crippen LogP contribution < -0.4 is 10.1 Å². The number of amides is 1. The maximum atomic E-state index is 12.3. The van der Waals surface area contributed by atoms with Crippen molar-refractivity contribution in [2.24, 2.45) is 0 Å². The number of thiophene rings is 1.